The average molecular weight is 435 g/mol. The van der Waals surface area contributed by atoms with E-state index in [4.69, 9.17) is 5.11 Å². The van der Waals surface area contributed by atoms with E-state index in [0.29, 0.717) is 19.3 Å². The molecule has 2 N–H and O–H groups in total. The number of aliphatic hydroxyl groups is 1. The van der Waals surface area contributed by atoms with Gasteiger partial charge < -0.3 is 10.2 Å². The van der Waals surface area contributed by atoms with Gasteiger partial charge in [-0.3, -0.25) is 9.59 Å². The van der Waals surface area contributed by atoms with Gasteiger partial charge in [0.05, 0.1) is 11.0 Å². The molecule has 2 aromatic rings. The van der Waals surface area contributed by atoms with Crippen molar-refractivity contribution in [2.75, 3.05) is 0 Å². The van der Waals surface area contributed by atoms with Gasteiger partial charge in [-0.25, -0.2) is 0 Å². The van der Waals surface area contributed by atoms with Crippen LogP contribution in [-0.2, 0) is 15.5 Å². The molecule has 160 valence electrons. The number of unbranched alkanes of at least 4 members (excludes halogenated alkanes) is 1. The molecule has 3 rings (SSSR count). The van der Waals surface area contributed by atoms with Crippen molar-refractivity contribution in [1.29, 1.82) is 0 Å². The number of carboxylic acids is 1. The van der Waals surface area contributed by atoms with Gasteiger partial charge in [-0.1, -0.05) is 36.4 Å². The van der Waals surface area contributed by atoms with Crippen LogP contribution in [0.5, 0.6) is 0 Å². The summed E-state index contributed by atoms with van der Waals surface area (Å²) in [6, 6.07) is 8.64. The predicted molar refractivity (Wildman–Crippen MR) is 113 cm³/mol. The number of aliphatic carboxylic acids is 1. The normalized spacial score (nSPS) is 22.6. The van der Waals surface area contributed by atoms with Crippen molar-refractivity contribution < 1.29 is 28.6 Å². The summed E-state index contributed by atoms with van der Waals surface area (Å²) in [4.78, 5) is 22.7. The first kappa shape index (κ1) is 22.3. The largest absolute Gasteiger partial charge is 0.481 e. The van der Waals surface area contributed by atoms with E-state index in [0.717, 1.165) is 27.5 Å². The van der Waals surface area contributed by atoms with Gasteiger partial charge >= 0.3 is 11.9 Å². The fourth-order valence-corrected chi connectivity index (χ4v) is 4.74. The standard InChI is InChI=1S/C23H24F2O4S/c24-23(25,21-13-15-7-5-6-9-20(15)30-21)12-11-17-16(18(26)14-19(17)27)8-3-1-2-4-10-22(28)29/h1,3,5-7,9,11-13,16-18,26H,2,4,8,10,14H2,(H,28,29)/t16-,17-,18+/m1/s1. The molecule has 1 aromatic heterocycles. The fraction of sp³-hybridized carbons (Fsp3) is 0.391. The minimum Gasteiger partial charge on any atom is -0.481 e. The Balaban J connectivity index is 1.67. The Morgan fingerprint density at radius 1 is 1.27 bits per heavy atom. The van der Waals surface area contributed by atoms with E-state index in [2.05, 4.69) is 0 Å². The Kier molecular flexibility index (Phi) is 7.15. The third-order valence-corrected chi connectivity index (χ3v) is 6.54. The lowest BCUT2D eigenvalue weighted by atomic mass is 9.90. The van der Waals surface area contributed by atoms with Crippen LogP contribution in [-0.4, -0.2) is 28.1 Å². The van der Waals surface area contributed by atoms with Crippen molar-refractivity contribution in [1.82, 2.24) is 0 Å². The smallest absolute Gasteiger partial charge is 0.303 e. The molecule has 0 amide bonds. The number of allylic oxidation sites excluding steroid dienone is 4. The summed E-state index contributed by atoms with van der Waals surface area (Å²) in [6.07, 6.45) is 6.25. The first-order valence-electron chi connectivity index (χ1n) is 9.92. The zero-order chi connectivity index (χ0) is 21.7. The predicted octanol–water partition coefficient (Wildman–Crippen LogP) is 5.32. The molecule has 3 atom stereocenters. The van der Waals surface area contributed by atoms with E-state index in [1.54, 1.807) is 30.3 Å². The molecule has 0 bridgehead atoms. The summed E-state index contributed by atoms with van der Waals surface area (Å²) < 4.78 is 30.3. The zero-order valence-electron chi connectivity index (χ0n) is 16.3. The van der Waals surface area contributed by atoms with Crippen LogP contribution in [0.2, 0.25) is 0 Å². The Morgan fingerprint density at radius 3 is 2.77 bits per heavy atom. The SMILES string of the molecule is O=C(O)CCCC=CC[C@H]1[C@@H](O)CC(=O)[C@@H]1C=CC(F)(F)c1cc2ccccc2s1. The number of carbonyl (C=O) groups is 2. The number of halogens is 2. The lowest BCUT2D eigenvalue weighted by Gasteiger charge is -2.17. The maximum Gasteiger partial charge on any atom is 0.303 e. The maximum atomic E-state index is 14.7. The second-order valence-corrected chi connectivity index (χ2v) is 8.63. The molecule has 30 heavy (non-hydrogen) atoms. The summed E-state index contributed by atoms with van der Waals surface area (Å²) in [5, 5.41) is 19.6. The third kappa shape index (κ3) is 5.40. The van der Waals surface area contributed by atoms with Crippen molar-refractivity contribution >= 4 is 33.2 Å². The highest BCUT2D eigenvalue weighted by Gasteiger charge is 2.40. The summed E-state index contributed by atoms with van der Waals surface area (Å²) in [5.74, 6) is -5.51. The van der Waals surface area contributed by atoms with E-state index in [-0.39, 0.29) is 23.5 Å². The number of hydrogen-bond donors (Lipinski definition) is 2. The van der Waals surface area contributed by atoms with Crippen molar-refractivity contribution in [2.45, 2.75) is 44.1 Å². The highest BCUT2D eigenvalue weighted by atomic mass is 32.1. The lowest BCUT2D eigenvalue weighted by molar-refractivity contribution is -0.137. The summed E-state index contributed by atoms with van der Waals surface area (Å²) >= 11 is 1.02. The first-order chi connectivity index (χ1) is 14.3. The summed E-state index contributed by atoms with van der Waals surface area (Å²) in [6.45, 7) is 0. The van der Waals surface area contributed by atoms with E-state index in [1.807, 2.05) is 6.08 Å². The number of rotatable bonds is 9. The number of benzene rings is 1. The number of thiophene rings is 1. The van der Waals surface area contributed by atoms with E-state index in [1.165, 1.54) is 12.1 Å². The van der Waals surface area contributed by atoms with E-state index in [9.17, 15) is 23.5 Å². The molecule has 0 unspecified atom stereocenters. The van der Waals surface area contributed by atoms with Crippen LogP contribution in [0.1, 0.15) is 37.0 Å². The average Bonchev–Trinajstić information content (AvgIpc) is 3.24. The quantitative estimate of drug-likeness (QED) is 0.414. The molecule has 1 saturated carbocycles. The second kappa shape index (κ2) is 9.62. The molecule has 0 saturated heterocycles. The monoisotopic (exact) mass is 434 g/mol. The van der Waals surface area contributed by atoms with Gasteiger partial charge in [0.15, 0.2) is 0 Å². The van der Waals surface area contributed by atoms with Crippen LogP contribution in [0.3, 0.4) is 0 Å². The highest BCUT2D eigenvalue weighted by Crippen LogP contribution is 2.40. The van der Waals surface area contributed by atoms with Crippen molar-refractivity contribution in [3.05, 3.63) is 59.5 Å². The second-order valence-electron chi connectivity index (χ2n) is 7.55. The van der Waals surface area contributed by atoms with Gasteiger partial charge in [-0.05, 0) is 42.9 Å². The molecule has 1 fully saturated rings. The van der Waals surface area contributed by atoms with Crippen LogP contribution < -0.4 is 0 Å². The molecule has 0 radical (unpaired) electrons. The molecule has 1 aliphatic carbocycles. The Hall–Kier alpha value is -2.38. The lowest BCUT2D eigenvalue weighted by Crippen LogP contribution is -2.19. The maximum absolute atomic E-state index is 14.7. The Morgan fingerprint density at radius 2 is 2.03 bits per heavy atom. The molecule has 0 spiro atoms. The van der Waals surface area contributed by atoms with Gasteiger partial charge in [0.25, 0.3) is 0 Å². The summed E-state index contributed by atoms with van der Waals surface area (Å²) in [7, 11) is 0. The van der Waals surface area contributed by atoms with Crippen LogP contribution in [0, 0.1) is 11.8 Å². The van der Waals surface area contributed by atoms with Gasteiger partial charge in [0, 0.05) is 29.4 Å². The summed E-state index contributed by atoms with van der Waals surface area (Å²) in [5.41, 5.74) is 0. The van der Waals surface area contributed by atoms with Gasteiger partial charge in [-0.15, -0.1) is 11.3 Å². The Bertz CT molecular complexity index is 930. The molecule has 1 aliphatic rings. The number of fused-ring (bicyclic) bond motifs is 1. The zero-order valence-corrected chi connectivity index (χ0v) is 17.2. The molecule has 1 heterocycles. The third-order valence-electron chi connectivity index (χ3n) is 5.34. The number of carboxylic acid groups (broad SMARTS) is 1. The number of carbonyl (C=O) groups excluding carboxylic acids is 1. The fourth-order valence-electron chi connectivity index (χ4n) is 3.72. The molecular weight excluding hydrogens is 410 g/mol. The molecule has 4 nitrogen and oxygen atoms in total. The number of Topliss-reactive ketones (excluding diaryl/α,β-unsaturated/α-hetero) is 1. The molecule has 1 aromatic carbocycles. The van der Waals surface area contributed by atoms with Crippen molar-refractivity contribution in [3.8, 4) is 0 Å². The minimum atomic E-state index is -3.20. The van der Waals surface area contributed by atoms with Crippen LogP contribution in [0.4, 0.5) is 8.78 Å². The number of hydrogen-bond acceptors (Lipinski definition) is 4. The van der Waals surface area contributed by atoms with Crippen LogP contribution in [0.25, 0.3) is 10.1 Å². The first-order valence-corrected chi connectivity index (χ1v) is 10.7. The number of ketones is 1. The van der Waals surface area contributed by atoms with Gasteiger partial charge in [-0.2, -0.15) is 8.78 Å². The molecular formula is C23H24F2O4S. The van der Waals surface area contributed by atoms with Crippen LogP contribution in [0.15, 0.2) is 54.6 Å². The van der Waals surface area contributed by atoms with Crippen LogP contribution >= 0.6 is 11.3 Å². The number of alkyl halides is 2. The van der Waals surface area contributed by atoms with E-state index < -0.39 is 29.8 Å². The minimum absolute atomic E-state index is 0.0407. The van der Waals surface area contributed by atoms with E-state index >= 15 is 0 Å². The molecule has 7 heteroatoms. The highest BCUT2D eigenvalue weighted by molar-refractivity contribution is 7.19. The van der Waals surface area contributed by atoms with Crippen molar-refractivity contribution in [3.63, 3.8) is 0 Å². The van der Waals surface area contributed by atoms with Gasteiger partial charge in [0.1, 0.15) is 5.78 Å². The topological polar surface area (TPSA) is 74.6 Å². The molecule has 0 aliphatic heterocycles. The van der Waals surface area contributed by atoms with Gasteiger partial charge in [0.2, 0.25) is 0 Å². The number of aliphatic hydroxyl groups excluding tert-OH is 1. The Labute approximate surface area is 177 Å². The van der Waals surface area contributed by atoms with Crippen molar-refractivity contribution in [2.24, 2.45) is 11.8 Å².